The summed E-state index contributed by atoms with van der Waals surface area (Å²) in [6, 6.07) is 16.4. The third-order valence-electron chi connectivity index (χ3n) is 6.06. The second kappa shape index (κ2) is 11.6. The lowest BCUT2D eigenvalue weighted by Gasteiger charge is -2.32. The molecule has 2 aromatic carbocycles. The number of thiol groups is 1. The van der Waals surface area contributed by atoms with Crippen LogP contribution < -0.4 is 10.6 Å². The van der Waals surface area contributed by atoms with Gasteiger partial charge >= 0.3 is 0 Å². The van der Waals surface area contributed by atoms with Crippen molar-refractivity contribution in [3.8, 4) is 5.75 Å². The zero-order chi connectivity index (χ0) is 24.8. The fourth-order valence-electron chi connectivity index (χ4n) is 4.21. The van der Waals surface area contributed by atoms with Crippen LogP contribution >= 0.6 is 0 Å². The Kier molecular flexibility index (Phi) is 8.26. The van der Waals surface area contributed by atoms with E-state index in [-0.39, 0.29) is 24.7 Å². The molecule has 1 amide bonds. The van der Waals surface area contributed by atoms with Gasteiger partial charge in [-0.15, -0.1) is 0 Å². The van der Waals surface area contributed by atoms with Crippen LogP contribution in [-0.4, -0.2) is 69.4 Å². The molecule has 11 heteroatoms. The quantitative estimate of drug-likeness (QED) is 0.301. The van der Waals surface area contributed by atoms with Crippen molar-refractivity contribution >= 4 is 33.4 Å². The van der Waals surface area contributed by atoms with Crippen LogP contribution in [0.1, 0.15) is 18.0 Å². The molecule has 35 heavy (non-hydrogen) atoms. The van der Waals surface area contributed by atoms with Crippen LogP contribution in [0.25, 0.3) is 10.9 Å². The number of aliphatic hydroxyl groups excluding tert-OH is 1. The van der Waals surface area contributed by atoms with E-state index in [4.69, 9.17) is 10.6 Å². The third kappa shape index (κ3) is 6.13. The maximum Gasteiger partial charge on any atom is 0.260 e. The number of rotatable bonds is 9. The Hall–Kier alpha value is -3.09. The van der Waals surface area contributed by atoms with Crippen molar-refractivity contribution in [3.05, 3.63) is 66.4 Å². The van der Waals surface area contributed by atoms with Gasteiger partial charge < -0.3 is 14.7 Å². The van der Waals surface area contributed by atoms with Crippen LogP contribution in [0.3, 0.4) is 0 Å². The van der Waals surface area contributed by atoms with E-state index >= 15 is 0 Å². The van der Waals surface area contributed by atoms with Gasteiger partial charge in [-0.25, -0.2) is 4.21 Å². The molecule has 0 radical (unpaired) electrons. The summed E-state index contributed by atoms with van der Waals surface area (Å²) in [5, 5.41) is 10.5. The number of fused-ring (bicyclic) bond motifs is 1. The number of β-amino-alcohol motifs (C(OH)–C–C–N with tert-alkyl or cyclic N) is 1. The minimum absolute atomic E-state index is 0.177. The molecule has 1 aliphatic heterocycles. The third-order valence-corrected chi connectivity index (χ3v) is 6.62. The number of carbonyl (C=O) groups excluding carboxylic acids is 1. The maximum absolute atomic E-state index is 13.2. The fraction of sp³-hybridized carbons (Fsp3) is 0.333. The number of amides is 1. The molecule has 0 saturated carbocycles. The standard InChI is InChI=1S/C24H29N5O5S/c1-28(21(17-6-3-2-4-7-17)15-29-13-11-18(30)14-29)23(31)16-33-22-10-9-20(27-35(32)34-25)24-19(22)8-5-12-26-24/h2-10,12,18,21,30,35H,11,13-16,25H2,1H3/t18-,21?/m0/s1. The molecule has 1 aromatic heterocycles. The van der Waals surface area contributed by atoms with Crippen LogP contribution in [0, 0.1) is 0 Å². The van der Waals surface area contributed by atoms with Crippen LogP contribution in [0.5, 0.6) is 5.75 Å². The monoisotopic (exact) mass is 499 g/mol. The number of nitrogens with zero attached hydrogens (tertiary/aromatic N) is 4. The lowest BCUT2D eigenvalue weighted by atomic mass is 10.0. The van der Waals surface area contributed by atoms with E-state index in [9.17, 15) is 14.1 Å². The van der Waals surface area contributed by atoms with Gasteiger partial charge in [-0.1, -0.05) is 30.3 Å². The number of aliphatic hydroxyl groups is 1. The number of likely N-dealkylation sites (N-methyl/N-ethyl adjacent to an activating group) is 1. The summed E-state index contributed by atoms with van der Waals surface area (Å²) >= 11 is 0. The molecule has 1 saturated heterocycles. The van der Waals surface area contributed by atoms with Gasteiger partial charge in [-0.05, 0) is 36.2 Å². The number of carbonyl (C=O) groups is 1. The molecule has 0 aliphatic carbocycles. The average molecular weight is 500 g/mol. The Labute approximate surface area is 205 Å². The highest BCUT2D eigenvalue weighted by atomic mass is 32.2. The minimum Gasteiger partial charge on any atom is -0.483 e. The van der Waals surface area contributed by atoms with Gasteiger partial charge in [0, 0.05) is 38.3 Å². The van der Waals surface area contributed by atoms with Crippen molar-refractivity contribution in [2.75, 3.05) is 33.3 Å². The van der Waals surface area contributed by atoms with Crippen LogP contribution in [0.4, 0.5) is 5.69 Å². The second-order valence-corrected chi connectivity index (χ2v) is 9.23. The number of hydrogen-bond donors (Lipinski definition) is 3. The molecule has 3 atom stereocenters. The Morgan fingerprint density at radius 3 is 2.80 bits per heavy atom. The average Bonchev–Trinajstić information content (AvgIpc) is 3.31. The molecule has 2 heterocycles. The first-order chi connectivity index (χ1) is 17.0. The zero-order valence-electron chi connectivity index (χ0n) is 19.4. The zero-order valence-corrected chi connectivity index (χ0v) is 20.3. The molecule has 3 aromatic rings. The lowest BCUT2D eigenvalue weighted by Crippen LogP contribution is -2.40. The highest BCUT2D eigenvalue weighted by molar-refractivity contribution is 7.69. The van der Waals surface area contributed by atoms with Gasteiger partial charge in [0.2, 0.25) is 0 Å². The number of nitrogens with two attached hydrogens (primary N) is 1. The summed E-state index contributed by atoms with van der Waals surface area (Å²) < 4.78 is 25.7. The van der Waals surface area contributed by atoms with Crippen molar-refractivity contribution in [1.82, 2.24) is 14.8 Å². The molecule has 186 valence electrons. The molecule has 10 nitrogen and oxygen atoms in total. The summed E-state index contributed by atoms with van der Waals surface area (Å²) in [5.41, 5.74) is 1.82. The van der Waals surface area contributed by atoms with E-state index in [1.54, 1.807) is 42.4 Å². The second-order valence-electron chi connectivity index (χ2n) is 8.35. The number of aromatic nitrogens is 1. The highest BCUT2D eigenvalue weighted by Gasteiger charge is 2.28. The Morgan fingerprint density at radius 1 is 1.29 bits per heavy atom. The van der Waals surface area contributed by atoms with E-state index in [1.807, 2.05) is 30.3 Å². The van der Waals surface area contributed by atoms with Crippen LogP contribution in [0.15, 0.2) is 65.2 Å². The topological polar surface area (TPSA) is 131 Å². The summed E-state index contributed by atoms with van der Waals surface area (Å²) in [5.74, 6) is 5.21. The smallest absolute Gasteiger partial charge is 0.260 e. The predicted molar refractivity (Wildman–Crippen MR) is 133 cm³/mol. The number of hydrogen-bond acceptors (Lipinski definition) is 9. The molecule has 1 aliphatic rings. The van der Waals surface area contributed by atoms with Gasteiger partial charge in [0.15, 0.2) is 17.5 Å². The molecule has 4 rings (SSSR count). The SMILES string of the molecule is CN(C(=O)COc1ccc(N=[SH](=O)ON)c2ncccc12)C(CN1CC[C@H](O)C1)c1ccccc1. The van der Waals surface area contributed by atoms with E-state index in [1.165, 1.54) is 0 Å². The molecule has 0 spiro atoms. The van der Waals surface area contributed by atoms with E-state index in [0.29, 0.717) is 35.4 Å². The minimum atomic E-state index is -2.41. The van der Waals surface area contributed by atoms with E-state index in [0.717, 1.165) is 18.5 Å². The molecule has 3 N–H and O–H groups in total. The summed E-state index contributed by atoms with van der Waals surface area (Å²) in [6.07, 6.45) is 1.99. The maximum atomic E-state index is 13.2. The number of ether oxygens (including phenoxy) is 1. The lowest BCUT2D eigenvalue weighted by molar-refractivity contribution is -0.134. The van der Waals surface area contributed by atoms with Crippen molar-refractivity contribution in [2.24, 2.45) is 10.3 Å². The summed E-state index contributed by atoms with van der Waals surface area (Å²) in [4.78, 5) is 21.3. The molecular weight excluding hydrogens is 470 g/mol. The largest absolute Gasteiger partial charge is 0.483 e. The fourth-order valence-corrected chi connectivity index (χ4v) is 4.60. The van der Waals surface area contributed by atoms with Gasteiger partial charge in [-0.3, -0.25) is 14.7 Å². The van der Waals surface area contributed by atoms with Gasteiger partial charge in [-0.2, -0.15) is 14.5 Å². The van der Waals surface area contributed by atoms with E-state index in [2.05, 4.69) is 18.5 Å². The molecular formula is C24H29N5O5S. The highest BCUT2D eigenvalue weighted by Crippen LogP contribution is 2.32. The molecule has 0 bridgehead atoms. The molecule has 2 unspecified atom stereocenters. The number of likely N-dealkylation sites (tertiary alicyclic amines) is 1. The van der Waals surface area contributed by atoms with Crippen molar-refractivity contribution in [2.45, 2.75) is 18.6 Å². The first kappa shape index (κ1) is 25.0. The Morgan fingerprint density at radius 2 is 2.09 bits per heavy atom. The van der Waals surface area contributed by atoms with Gasteiger partial charge in [0.25, 0.3) is 5.91 Å². The summed E-state index contributed by atoms with van der Waals surface area (Å²) in [7, 11) is -0.647. The van der Waals surface area contributed by atoms with Crippen LogP contribution in [0.2, 0.25) is 0 Å². The van der Waals surface area contributed by atoms with Gasteiger partial charge in [0.05, 0.1) is 12.1 Å². The molecule has 1 fully saturated rings. The van der Waals surface area contributed by atoms with Gasteiger partial charge in [0.1, 0.15) is 17.0 Å². The Bertz CT molecular complexity index is 1250. The van der Waals surface area contributed by atoms with Crippen molar-refractivity contribution < 1.29 is 23.1 Å². The number of benzene rings is 2. The van der Waals surface area contributed by atoms with Crippen molar-refractivity contribution in [1.29, 1.82) is 0 Å². The van der Waals surface area contributed by atoms with Crippen LogP contribution in [-0.2, 0) is 20.0 Å². The van der Waals surface area contributed by atoms with Crippen molar-refractivity contribution in [3.63, 3.8) is 0 Å². The normalized spacial score (nSPS) is 18.0. The first-order valence-electron chi connectivity index (χ1n) is 11.2. The Balaban J connectivity index is 1.51. The predicted octanol–water partition coefficient (Wildman–Crippen LogP) is 1.98. The first-order valence-corrected chi connectivity index (χ1v) is 12.4. The van der Waals surface area contributed by atoms with E-state index < -0.39 is 10.9 Å². The number of pyridine rings is 1. The summed E-state index contributed by atoms with van der Waals surface area (Å²) in [6.45, 7) is 1.83.